The Balaban J connectivity index is 1.69. The lowest BCUT2D eigenvalue weighted by atomic mass is 10.1. The van der Waals surface area contributed by atoms with Gasteiger partial charge in [0.1, 0.15) is 5.76 Å². The summed E-state index contributed by atoms with van der Waals surface area (Å²) in [5.74, 6) is -0.290. The second-order valence-corrected chi connectivity index (χ2v) is 5.95. The Kier molecular flexibility index (Phi) is 6.16. The van der Waals surface area contributed by atoms with Crippen LogP contribution in [0.15, 0.2) is 77.4 Å². The third-order valence-electron chi connectivity index (χ3n) is 3.98. The third kappa shape index (κ3) is 5.16. The average molecular weight is 391 g/mol. The van der Waals surface area contributed by atoms with Gasteiger partial charge in [-0.15, -0.1) is 0 Å². The van der Waals surface area contributed by atoms with Crippen LogP contribution >= 0.6 is 0 Å². The number of rotatable bonds is 7. The van der Waals surface area contributed by atoms with E-state index in [2.05, 4.69) is 10.6 Å². The van der Waals surface area contributed by atoms with E-state index in [1.165, 1.54) is 30.5 Å². The molecule has 3 aromatic rings. The normalized spacial score (nSPS) is 10.6. The summed E-state index contributed by atoms with van der Waals surface area (Å²) >= 11 is 0. The Morgan fingerprint density at radius 2 is 1.79 bits per heavy atom. The number of carbonyl (C=O) groups is 2. The molecule has 0 spiro atoms. The lowest BCUT2D eigenvalue weighted by Crippen LogP contribution is -2.24. The molecule has 0 radical (unpaired) electrons. The topological polar surface area (TPSA) is 114 Å². The van der Waals surface area contributed by atoms with Crippen LogP contribution in [-0.4, -0.2) is 16.7 Å². The number of anilines is 1. The molecule has 0 atom stereocenters. The quantitative estimate of drug-likeness (QED) is 0.361. The van der Waals surface area contributed by atoms with Crippen molar-refractivity contribution in [3.05, 3.63) is 100 Å². The molecule has 146 valence electrons. The van der Waals surface area contributed by atoms with Gasteiger partial charge >= 0.3 is 0 Å². The molecule has 2 aromatic carbocycles. The SMILES string of the molecule is O=C(/C=C/c1ccccc1[N+](=O)[O-])Nc1ccccc1C(=O)NCc1ccco1. The fourth-order valence-corrected chi connectivity index (χ4v) is 2.60. The van der Waals surface area contributed by atoms with Gasteiger partial charge in [0.25, 0.3) is 11.6 Å². The number of hydrogen-bond donors (Lipinski definition) is 2. The number of benzene rings is 2. The molecular weight excluding hydrogens is 374 g/mol. The summed E-state index contributed by atoms with van der Waals surface area (Å²) in [6.45, 7) is 0.214. The van der Waals surface area contributed by atoms with Gasteiger partial charge in [-0.05, 0) is 36.4 Å². The van der Waals surface area contributed by atoms with Crippen molar-refractivity contribution in [2.24, 2.45) is 0 Å². The molecule has 29 heavy (non-hydrogen) atoms. The molecule has 0 fully saturated rings. The number of nitro groups is 1. The number of para-hydroxylation sites is 2. The van der Waals surface area contributed by atoms with E-state index in [0.717, 1.165) is 0 Å². The van der Waals surface area contributed by atoms with Gasteiger partial charge in [0.2, 0.25) is 5.91 Å². The van der Waals surface area contributed by atoms with Gasteiger partial charge in [-0.2, -0.15) is 0 Å². The standard InChI is InChI=1S/C21H17N3O5/c25-20(12-11-15-6-1-4-10-19(15)24(27)28)23-18-9-3-2-8-17(18)21(26)22-14-16-7-5-13-29-16/h1-13H,14H2,(H,22,26)(H,23,25)/b12-11+. The predicted molar refractivity (Wildman–Crippen MR) is 107 cm³/mol. The largest absolute Gasteiger partial charge is 0.467 e. The van der Waals surface area contributed by atoms with Crippen LogP contribution in [0.4, 0.5) is 11.4 Å². The van der Waals surface area contributed by atoms with Crippen molar-refractivity contribution in [2.45, 2.75) is 6.54 Å². The van der Waals surface area contributed by atoms with Crippen molar-refractivity contribution in [2.75, 3.05) is 5.32 Å². The molecule has 0 aliphatic carbocycles. The van der Waals surface area contributed by atoms with E-state index < -0.39 is 10.8 Å². The molecule has 0 aliphatic heterocycles. The van der Waals surface area contributed by atoms with Crippen molar-refractivity contribution in [3.63, 3.8) is 0 Å². The van der Waals surface area contributed by atoms with Gasteiger partial charge in [0.05, 0.1) is 34.5 Å². The van der Waals surface area contributed by atoms with Crippen LogP contribution in [-0.2, 0) is 11.3 Å². The average Bonchev–Trinajstić information content (AvgIpc) is 3.25. The number of furan rings is 1. The van der Waals surface area contributed by atoms with Crippen molar-refractivity contribution in [1.29, 1.82) is 0 Å². The molecular formula is C21H17N3O5. The first-order chi connectivity index (χ1) is 14.0. The number of carbonyl (C=O) groups excluding carboxylic acids is 2. The van der Waals surface area contributed by atoms with Crippen molar-refractivity contribution in [1.82, 2.24) is 5.32 Å². The molecule has 0 bridgehead atoms. The Morgan fingerprint density at radius 1 is 1.03 bits per heavy atom. The summed E-state index contributed by atoms with van der Waals surface area (Å²) in [6, 6.07) is 16.1. The van der Waals surface area contributed by atoms with Gasteiger partial charge in [0.15, 0.2) is 0 Å². The summed E-state index contributed by atoms with van der Waals surface area (Å²) in [5.41, 5.74) is 0.805. The molecule has 8 heteroatoms. The highest BCUT2D eigenvalue weighted by atomic mass is 16.6. The summed E-state index contributed by atoms with van der Waals surface area (Å²) in [5, 5.41) is 16.4. The molecule has 8 nitrogen and oxygen atoms in total. The van der Waals surface area contributed by atoms with Crippen molar-refractivity contribution >= 4 is 29.3 Å². The lowest BCUT2D eigenvalue weighted by molar-refractivity contribution is -0.385. The first-order valence-electron chi connectivity index (χ1n) is 8.66. The molecule has 1 aromatic heterocycles. The summed E-state index contributed by atoms with van der Waals surface area (Å²) in [7, 11) is 0. The highest BCUT2D eigenvalue weighted by Crippen LogP contribution is 2.19. The van der Waals surface area contributed by atoms with E-state index in [0.29, 0.717) is 17.0 Å². The number of nitro benzene ring substituents is 1. The molecule has 1 heterocycles. The second kappa shape index (κ2) is 9.14. The van der Waals surface area contributed by atoms with Crippen molar-refractivity contribution in [3.8, 4) is 0 Å². The van der Waals surface area contributed by atoms with Gasteiger partial charge < -0.3 is 15.1 Å². The lowest BCUT2D eigenvalue weighted by Gasteiger charge is -2.10. The van der Waals surface area contributed by atoms with E-state index in [1.54, 1.807) is 48.5 Å². The monoisotopic (exact) mass is 391 g/mol. The summed E-state index contributed by atoms with van der Waals surface area (Å²) < 4.78 is 5.17. The summed E-state index contributed by atoms with van der Waals surface area (Å²) in [6.07, 6.45) is 4.05. The maximum absolute atomic E-state index is 12.4. The van der Waals surface area contributed by atoms with Crippen LogP contribution in [0.25, 0.3) is 6.08 Å². The number of hydrogen-bond acceptors (Lipinski definition) is 5. The van der Waals surface area contributed by atoms with Crippen molar-refractivity contribution < 1.29 is 18.9 Å². The minimum atomic E-state index is -0.519. The van der Waals surface area contributed by atoms with Crippen LogP contribution < -0.4 is 10.6 Å². The zero-order chi connectivity index (χ0) is 20.6. The van der Waals surface area contributed by atoms with Crippen LogP contribution in [0.3, 0.4) is 0 Å². The maximum atomic E-state index is 12.4. The first kappa shape index (κ1) is 19.6. The maximum Gasteiger partial charge on any atom is 0.276 e. The van der Waals surface area contributed by atoms with Crippen LogP contribution in [0, 0.1) is 10.1 Å². The van der Waals surface area contributed by atoms with Gasteiger partial charge in [-0.25, -0.2) is 0 Å². The molecule has 0 saturated carbocycles. The Bertz CT molecular complexity index is 1060. The Labute approximate surface area is 166 Å². The zero-order valence-corrected chi connectivity index (χ0v) is 15.2. The third-order valence-corrected chi connectivity index (χ3v) is 3.98. The molecule has 2 N–H and O–H groups in total. The van der Waals surface area contributed by atoms with Gasteiger partial charge in [-0.3, -0.25) is 19.7 Å². The highest BCUT2D eigenvalue weighted by molar-refractivity contribution is 6.07. The molecule has 3 rings (SSSR count). The Morgan fingerprint density at radius 3 is 2.55 bits per heavy atom. The van der Waals surface area contributed by atoms with E-state index in [-0.39, 0.29) is 23.7 Å². The molecule has 2 amide bonds. The summed E-state index contributed by atoms with van der Waals surface area (Å²) in [4.78, 5) is 35.2. The highest BCUT2D eigenvalue weighted by Gasteiger charge is 2.13. The van der Waals surface area contributed by atoms with Gasteiger partial charge in [-0.1, -0.05) is 24.3 Å². The number of nitrogens with one attached hydrogen (secondary N) is 2. The van der Waals surface area contributed by atoms with E-state index in [4.69, 9.17) is 4.42 Å². The van der Waals surface area contributed by atoms with E-state index in [1.807, 2.05) is 0 Å². The van der Waals surface area contributed by atoms with Crippen LogP contribution in [0.2, 0.25) is 0 Å². The van der Waals surface area contributed by atoms with Crippen LogP contribution in [0.5, 0.6) is 0 Å². The molecule has 0 unspecified atom stereocenters. The predicted octanol–water partition coefficient (Wildman–Crippen LogP) is 3.77. The molecule has 0 aliphatic rings. The molecule has 0 saturated heterocycles. The Hall–Kier alpha value is -4.20. The van der Waals surface area contributed by atoms with E-state index >= 15 is 0 Å². The van der Waals surface area contributed by atoms with Crippen LogP contribution in [0.1, 0.15) is 21.7 Å². The van der Waals surface area contributed by atoms with E-state index in [9.17, 15) is 19.7 Å². The number of nitrogens with zero attached hydrogens (tertiary/aromatic N) is 1. The minimum Gasteiger partial charge on any atom is -0.467 e. The first-order valence-corrected chi connectivity index (χ1v) is 8.66. The minimum absolute atomic E-state index is 0.103. The van der Waals surface area contributed by atoms with Gasteiger partial charge in [0, 0.05) is 12.1 Å². The zero-order valence-electron chi connectivity index (χ0n) is 15.2. The fourth-order valence-electron chi connectivity index (χ4n) is 2.60. The number of amides is 2. The second-order valence-electron chi connectivity index (χ2n) is 5.95. The fraction of sp³-hybridized carbons (Fsp3) is 0.0476. The smallest absolute Gasteiger partial charge is 0.276 e.